The minimum absolute atomic E-state index is 0.233. The van der Waals surface area contributed by atoms with Crippen LogP contribution in [0.1, 0.15) is 22.7 Å². The van der Waals surface area contributed by atoms with Crippen LogP contribution in [-0.2, 0) is 6.42 Å². The summed E-state index contributed by atoms with van der Waals surface area (Å²) in [6.07, 6.45) is 0.764. The number of thiocarbonyl (C=S) groups is 1. The van der Waals surface area contributed by atoms with Crippen LogP contribution in [0.5, 0.6) is 23.0 Å². The van der Waals surface area contributed by atoms with Crippen molar-refractivity contribution in [2.24, 2.45) is 0 Å². The third-order valence-corrected chi connectivity index (χ3v) is 7.28. The van der Waals surface area contributed by atoms with Crippen molar-refractivity contribution >= 4 is 34.0 Å². The van der Waals surface area contributed by atoms with Crippen LogP contribution >= 0.6 is 12.2 Å². The predicted octanol–water partition coefficient (Wildman–Crippen LogP) is 5.50. The van der Waals surface area contributed by atoms with Crippen LogP contribution in [0.2, 0.25) is 0 Å². The van der Waals surface area contributed by atoms with E-state index in [1.54, 1.807) is 27.4 Å². The van der Waals surface area contributed by atoms with E-state index in [1.807, 2.05) is 55.5 Å². The summed E-state index contributed by atoms with van der Waals surface area (Å²) < 4.78 is 28.4. The van der Waals surface area contributed by atoms with Crippen molar-refractivity contribution in [1.29, 1.82) is 0 Å². The SMILES string of the molecule is COc1ccccc1NC(=S)N1CCc2cc(OC)c(OC)cc2[C@@H]1COc1ccc2c(C)cc(=O)oc2c1. The molecular weight excluding hydrogens is 516 g/mol. The zero-order valence-corrected chi connectivity index (χ0v) is 23.1. The minimum Gasteiger partial charge on any atom is -0.495 e. The van der Waals surface area contributed by atoms with Gasteiger partial charge < -0.3 is 33.6 Å². The fourth-order valence-corrected chi connectivity index (χ4v) is 5.28. The second-order valence-electron chi connectivity index (χ2n) is 9.21. The van der Waals surface area contributed by atoms with Gasteiger partial charge in [-0.15, -0.1) is 0 Å². The highest BCUT2D eigenvalue weighted by molar-refractivity contribution is 7.80. The number of hydrogen-bond acceptors (Lipinski definition) is 7. The molecule has 1 aromatic heterocycles. The quantitative estimate of drug-likeness (QED) is 0.239. The second kappa shape index (κ2) is 11.2. The zero-order chi connectivity index (χ0) is 27.5. The Bertz CT molecular complexity index is 1580. The van der Waals surface area contributed by atoms with Gasteiger partial charge in [-0.2, -0.15) is 0 Å². The molecule has 9 heteroatoms. The van der Waals surface area contributed by atoms with Crippen molar-refractivity contribution in [1.82, 2.24) is 4.90 Å². The fourth-order valence-electron chi connectivity index (χ4n) is 4.96. The van der Waals surface area contributed by atoms with Gasteiger partial charge in [0.05, 0.1) is 33.1 Å². The lowest BCUT2D eigenvalue weighted by Crippen LogP contribution is -2.44. The van der Waals surface area contributed by atoms with Crippen molar-refractivity contribution in [3.05, 3.63) is 87.8 Å². The molecule has 0 saturated carbocycles. The van der Waals surface area contributed by atoms with Crippen LogP contribution in [0, 0.1) is 6.92 Å². The number of nitrogens with one attached hydrogen (secondary N) is 1. The van der Waals surface area contributed by atoms with Crippen molar-refractivity contribution in [3.8, 4) is 23.0 Å². The topological polar surface area (TPSA) is 82.4 Å². The molecule has 1 atom stereocenters. The van der Waals surface area contributed by atoms with Crippen molar-refractivity contribution in [2.75, 3.05) is 39.8 Å². The van der Waals surface area contributed by atoms with Crippen molar-refractivity contribution in [3.63, 3.8) is 0 Å². The Labute approximate surface area is 232 Å². The van der Waals surface area contributed by atoms with E-state index in [2.05, 4.69) is 10.2 Å². The molecule has 0 amide bonds. The Kier molecular flexibility index (Phi) is 7.60. The summed E-state index contributed by atoms with van der Waals surface area (Å²) in [7, 11) is 4.88. The van der Waals surface area contributed by atoms with Gasteiger partial charge in [-0.05, 0) is 78.7 Å². The molecule has 4 aromatic rings. The summed E-state index contributed by atoms with van der Waals surface area (Å²) in [6, 6.07) is 18.4. The first-order chi connectivity index (χ1) is 18.9. The number of aryl methyl sites for hydroxylation is 1. The van der Waals surface area contributed by atoms with E-state index in [9.17, 15) is 4.79 Å². The maximum absolute atomic E-state index is 11.9. The normalized spacial score (nSPS) is 14.5. The number of rotatable bonds is 7. The second-order valence-corrected chi connectivity index (χ2v) is 9.60. The van der Waals surface area contributed by atoms with Crippen molar-refractivity contribution < 1.29 is 23.4 Å². The van der Waals surface area contributed by atoms with Crippen LogP contribution in [-0.4, -0.2) is 44.5 Å². The smallest absolute Gasteiger partial charge is 0.336 e. The minimum atomic E-state index is -0.390. The summed E-state index contributed by atoms with van der Waals surface area (Å²) in [5, 5.41) is 4.77. The molecule has 1 aliphatic rings. The third kappa shape index (κ3) is 5.35. The molecule has 1 aliphatic heterocycles. The molecule has 202 valence electrons. The first-order valence-electron chi connectivity index (χ1n) is 12.5. The Morgan fingerprint density at radius 3 is 2.51 bits per heavy atom. The van der Waals surface area contributed by atoms with Crippen LogP contribution in [0.25, 0.3) is 11.0 Å². The molecule has 8 nitrogen and oxygen atoms in total. The van der Waals surface area contributed by atoms with E-state index in [-0.39, 0.29) is 12.6 Å². The van der Waals surface area contributed by atoms with E-state index in [1.165, 1.54) is 6.07 Å². The monoisotopic (exact) mass is 546 g/mol. The van der Waals surface area contributed by atoms with Crippen molar-refractivity contribution in [2.45, 2.75) is 19.4 Å². The number of methoxy groups -OCH3 is 3. The van der Waals surface area contributed by atoms with Gasteiger partial charge in [0.2, 0.25) is 0 Å². The van der Waals surface area contributed by atoms with Gasteiger partial charge in [0.25, 0.3) is 0 Å². The van der Waals surface area contributed by atoms with Gasteiger partial charge in [0.1, 0.15) is 23.7 Å². The highest BCUT2D eigenvalue weighted by Crippen LogP contribution is 2.39. The molecular formula is C30H30N2O6S. The number of hydrogen-bond donors (Lipinski definition) is 1. The molecule has 0 aliphatic carbocycles. The summed E-state index contributed by atoms with van der Waals surface area (Å²) in [6.45, 7) is 2.84. The number of para-hydroxylation sites is 2. The fraction of sp³-hybridized carbons (Fsp3) is 0.267. The first kappa shape index (κ1) is 26.4. The molecule has 0 unspecified atom stereocenters. The highest BCUT2D eigenvalue weighted by Gasteiger charge is 2.32. The number of anilines is 1. The van der Waals surface area contributed by atoms with Crippen LogP contribution in [0.4, 0.5) is 5.69 Å². The molecule has 39 heavy (non-hydrogen) atoms. The average Bonchev–Trinajstić information content (AvgIpc) is 2.94. The number of benzene rings is 3. The number of ether oxygens (including phenoxy) is 4. The summed E-state index contributed by atoms with van der Waals surface area (Å²) in [5.74, 6) is 2.60. The molecule has 0 fully saturated rings. The standard InChI is InChI=1S/C30H30N2O6S/c1-18-13-29(33)38-26-15-20(9-10-21(18)26)37-17-24-22-16-28(36-4)27(35-3)14-19(22)11-12-32(24)30(39)31-23-7-5-6-8-25(23)34-2/h5-10,13-16,24H,11-12,17H2,1-4H3,(H,31,39)/t24-/m0/s1. The molecule has 1 N–H and O–H groups in total. The Morgan fingerprint density at radius 2 is 1.74 bits per heavy atom. The lowest BCUT2D eigenvalue weighted by atomic mass is 9.92. The van der Waals surface area contributed by atoms with Gasteiger partial charge in [0, 0.05) is 24.1 Å². The van der Waals surface area contributed by atoms with Crippen LogP contribution in [0.3, 0.4) is 0 Å². The lowest BCUT2D eigenvalue weighted by molar-refractivity contribution is 0.190. The molecule has 0 radical (unpaired) electrons. The maximum atomic E-state index is 11.9. The predicted molar refractivity (Wildman–Crippen MR) is 155 cm³/mol. The summed E-state index contributed by atoms with van der Waals surface area (Å²) in [5.41, 5.74) is 3.90. The highest BCUT2D eigenvalue weighted by atomic mass is 32.1. The summed E-state index contributed by atoms with van der Waals surface area (Å²) in [4.78, 5) is 14.0. The average molecular weight is 547 g/mol. The van der Waals surface area contributed by atoms with E-state index in [4.69, 9.17) is 35.6 Å². The molecule has 5 rings (SSSR count). The Morgan fingerprint density at radius 1 is 1.00 bits per heavy atom. The van der Waals surface area contributed by atoms with Gasteiger partial charge in [0.15, 0.2) is 16.6 Å². The van der Waals surface area contributed by atoms with E-state index < -0.39 is 5.63 Å². The van der Waals surface area contributed by atoms with Crippen LogP contribution < -0.4 is 29.9 Å². The number of nitrogens with zero attached hydrogens (tertiary/aromatic N) is 1. The molecule has 0 bridgehead atoms. The Balaban J connectivity index is 1.48. The van der Waals surface area contributed by atoms with Gasteiger partial charge in [-0.25, -0.2) is 4.79 Å². The molecule has 2 heterocycles. The van der Waals surface area contributed by atoms with Gasteiger partial charge in [-0.1, -0.05) is 12.1 Å². The Hall–Kier alpha value is -4.24. The van der Waals surface area contributed by atoms with Crippen LogP contribution in [0.15, 0.2) is 69.9 Å². The van der Waals surface area contributed by atoms with E-state index >= 15 is 0 Å². The molecule has 0 saturated heterocycles. The van der Waals surface area contributed by atoms with E-state index in [0.29, 0.717) is 40.2 Å². The van der Waals surface area contributed by atoms with Gasteiger partial charge in [-0.3, -0.25) is 0 Å². The molecule has 0 spiro atoms. The third-order valence-electron chi connectivity index (χ3n) is 6.94. The largest absolute Gasteiger partial charge is 0.495 e. The molecule has 3 aromatic carbocycles. The van der Waals surface area contributed by atoms with E-state index in [0.717, 1.165) is 34.2 Å². The maximum Gasteiger partial charge on any atom is 0.336 e. The lowest BCUT2D eigenvalue weighted by Gasteiger charge is -2.39. The van der Waals surface area contributed by atoms with Gasteiger partial charge >= 0.3 is 5.63 Å². The summed E-state index contributed by atoms with van der Waals surface area (Å²) >= 11 is 5.90. The zero-order valence-electron chi connectivity index (χ0n) is 22.3. The number of fused-ring (bicyclic) bond motifs is 2. The first-order valence-corrected chi connectivity index (χ1v) is 13.0.